The number of carbonyl (C=O) groups is 2. The van der Waals surface area contributed by atoms with E-state index in [1.165, 1.54) is 43.1 Å². The lowest BCUT2D eigenvalue weighted by molar-refractivity contribution is -0.116. The molecule has 0 aliphatic heterocycles. The Labute approximate surface area is 270 Å². The molecule has 1 aliphatic rings. The maximum Gasteiger partial charge on any atom is 0.250 e. The quantitative estimate of drug-likeness (QED) is 0.204. The van der Waals surface area contributed by atoms with Crippen molar-refractivity contribution < 1.29 is 18.7 Å². The fraction of sp³-hybridized carbons (Fsp3) is 0.278. The maximum atomic E-state index is 13.2. The van der Waals surface area contributed by atoms with Gasteiger partial charge in [-0.1, -0.05) is 30.3 Å². The van der Waals surface area contributed by atoms with Crippen LogP contribution in [0.3, 0.4) is 0 Å². The van der Waals surface area contributed by atoms with E-state index >= 15 is 0 Å². The number of nitrogens with zero attached hydrogens (tertiary/aromatic N) is 5. The first-order valence-corrected chi connectivity index (χ1v) is 15.1. The summed E-state index contributed by atoms with van der Waals surface area (Å²) in [6.45, 7) is 6.33. The second kappa shape index (κ2) is 15.8. The van der Waals surface area contributed by atoms with Gasteiger partial charge in [0.05, 0.1) is 5.69 Å². The van der Waals surface area contributed by atoms with E-state index in [-0.39, 0.29) is 30.1 Å². The first-order valence-electron chi connectivity index (χ1n) is 15.1. The molecular formula is C36H41FN6O3. The number of benzene rings is 3. The Morgan fingerprint density at radius 2 is 1.70 bits per heavy atom. The van der Waals surface area contributed by atoms with Crippen molar-refractivity contribution in [2.75, 3.05) is 36.2 Å². The van der Waals surface area contributed by atoms with Crippen LogP contribution in [0.5, 0.6) is 5.75 Å². The zero-order chi connectivity index (χ0) is 33.2. The van der Waals surface area contributed by atoms with Gasteiger partial charge in [-0.2, -0.15) is 0 Å². The summed E-state index contributed by atoms with van der Waals surface area (Å²) in [4.78, 5) is 37.8. The molecule has 0 bridgehead atoms. The van der Waals surface area contributed by atoms with Gasteiger partial charge in [0, 0.05) is 44.0 Å². The van der Waals surface area contributed by atoms with E-state index in [0.29, 0.717) is 22.8 Å². The summed E-state index contributed by atoms with van der Waals surface area (Å²) in [7, 11) is 3.92. The van der Waals surface area contributed by atoms with Crippen LogP contribution in [0.25, 0.3) is 0 Å². The lowest BCUT2D eigenvalue weighted by atomic mass is 10.2. The monoisotopic (exact) mass is 624 g/mol. The summed E-state index contributed by atoms with van der Waals surface area (Å²) in [6, 6.07) is 21.9. The number of aromatic nitrogens is 2. The molecule has 9 nitrogen and oxygen atoms in total. The summed E-state index contributed by atoms with van der Waals surface area (Å²) in [5.74, 6) is 0.328. The zero-order valence-corrected chi connectivity index (χ0v) is 27.0. The lowest BCUT2D eigenvalue weighted by Crippen LogP contribution is -2.25. The van der Waals surface area contributed by atoms with Crippen molar-refractivity contribution in [3.05, 3.63) is 114 Å². The molecule has 10 heteroatoms. The molecule has 1 aromatic heterocycles. The van der Waals surface area contributed by atoms with Gasteiger partial charge in [-0.05, 0) is 93.4 Å². The summed E-state index contributed by atoms with van der Waals surface area (Å²) < 4.78 is 18.9. The average molecular weight is 625 g/mol. The van der Waals surface area contributed by atoms with Gasteiger partial charge in [-0.15, -0.1) is 0 Å². The van der Waals surface area contributed by atoms with Crippen LogP contribution in [0.4, 0.5) is 27.3 Å². The smallest absolute Gasteiger partial charge is 0.250 e. The van der Waals surface area contributed by atoms with E-state index < -0.39 is 0 Å². The van der Waals surface area contributed by atoms with Crippen molar-refractivity contribution in [3.8, 4) is 5.75 Å². The summed E-state index contributed by atoms with van der Waals surface area (Å²) in [5, 5.41) is 0. The Morgan fingerprint density at radius 1 is 0.978 bits per heavy atom. The van der Waals surface area contributed by atoms with E-state index in [0.717, 1.165) is 29.4 Å². The van der Waals surface area contributed by atoms with E-state index in [9.17, 15) is 14.0 Å². The Balaban J connectivity index is 0.000000222. The molecule has 0 unspecified atom stereocenters. The molecule has 1 fully saturated rings. The summed E-state index contributed by atoms with van der Waals surface area (Å²) in [6.07, 6.45) is 7.56. The van der Waals surface area contributed by atoms with E-state index in [1.54, 1.807) is 54.3 Å². The highest BCUT2D eigenvalue weighted by atomic mass is 19.1. The molecule has 4 aromatic rings. The van der Waals surface area contributed by atoms with Gasteiger partial charge in [0.15, 0.2) is 5.82 Å². The molecular weight excluding hydrogens is 583 g/mol. The molecule has 1 aliphatic carbocycles. The van der Waals surface area contributed by atoms with Gasteiger partial charge in [-0.3, -0.25) is 19.4 Å². The number of nitrogen functional groups attached to an aromatic ring is 1. The number of likely N-dealkylation sites (N-methyl/N-ethyl adjacent to an activating group) is 2. The van der Waals surface area contributed by atoms with E-state index in [1.807, 2.05) is 44.3 Å². The molecule has 3 aromatic carbocycles. The van der Waals surface area contributed by atoms with Crippen LogP contribution >= 0.6 is 0 Å². The molecule has 0 spiro atoms. The van der Waals surface area contributed by atoms with Gasteiger partial charge in [0.1, 0.15) is 30.2 Å². The van der Waals surface area contributed by atoms with E-state index in [4.69, 9.17) is 10.5 Å². The van der Waals surface area contributed by atoms with Gasteiger partial charge >= 0.3 is 0 Å². The Bertz CT molecular complexity index is 1650. The van der Waals surface area contributed by atoms with Crippen molar-refractivity contribution in [1.29, 1.82) is 0 Å². The number of hydrogen-bond acceptors (Lipinski definition) is 7. The van der Waals surface area contributed by atoms with Crippen LogP contribution in [0.1, 0.15) is 36.6 Å². The van der Waals surface area contributed by atoms with Crippen LogP contribution in [0, 0.1) is 19.7 Å². The second-order valence-corrected chi connectivity index (χ2v) is 11.3. The maximum absolute atomic E-state index is 13.2. The minimum absolute atomic E-state index is 0.0230. The molecule has 1 saturated carbocycles. The standard InChI is InChI=1S/C20H19FN4O2.C16H22N2O/c1-13-19(20(22)24-12-23-13)25(14(2)26)17-6-8-18(9-7-17)27-11-15-4-3-5-16(21)10-15;1-13-6-4-7-15(12-13)18(3)16(19)8-5-11-17(2)14-9-10-14/h3-10,12H,11H2,1-2H3,(H2,22,23,24);4-8,12,14H,9-11H2,1-3H3/b;8-5+. The molecule has 46 heavy (non-hydrogen) atoms. The molecule has 1 heterocycles. The van der Waals surface area contributed by atoms with Gasteiger partial charge < -0.3 is 15.4 Å². The topological polar surface area (TPSA) is 105 Å². The van der Waals surface area contributed by atoms with Crippen molar-refractivity contribution >= 4 is 34.7 Å². The minimum atomic E-state index is -0.304. The van der Waals surface area contributed by atoms with Crippen LogP contribution in [0.15, 0.2) is 91.3 Å². The molecule has 2 amide bonds. The van der Waals surface area contributed by atoms with Crippen LogP contribution in [0.2, 0.25) is 0 Å². The fourth-order valence-electron chi connectivity index (χ4n) is 4.77. The highest BCUT2D eigenvalue weighted by molar-refractivity contribution is 6.02. The number of carbonyl (C=O) groups excluding carboxylic acids is 2. The number of rotatable bonds is 10. The van der Waals surface area contributed by atoms with Crippen molar-refractivity contribution in [2.24, 2.45) is 0 Å². The average Bonchev–Trinajstić information content (AvgIpc) is 3.88. The third kappa shape index (κ3) is 9.45. The largest absolute Gasteiger partial charge is 0.489 e. The Hall–Kier alpha value is -5.09. The van der Waals surface area contributed by atoms with Crippen molar-refractivity contribution in [2.45, 2.75) is 46.3 Å². The van der Waals surface area contributed by atoms with Crippen LogP contribution < -0.4 is 20.3 Å². The lowest BCUT2D eigenvalue weighted by Gasteiger charge is -2.23. The predicted octanol–water partition coefficient (Wildman–Crippen LogP) is 6.38. The Kier molecular flexibility index (Phi) is 11.6. The summed E-state index contributed by atoms with van der Waals surface area (Å²) in [5.41, 5.74) is 10.5. The number of anilines is 4. The van der Waals surface area contributed by atoms with Crippen molar-refractivity contribution in [3.63, 3.8) is 0 Å². The number of ether oxygens (including phenoxy) is 1. The SMILES string of the molecule is CC(=O)N(c1ccc(OCc2cccc(F)c2)cc1)c1c(C)ncnc1N.Cc1cccc(N(C)C(=O)/C=C/CN(C)C2CC2)c1. The number of aryl methyl sites for hydroxylation is 2. The third-order valence-corrected chi connectivity index (χ3v) is 7.51. The number of nitrogens with two attached hydrogens (primary N) is 1. The molecule has 2 N–H and O–H groups in total. The van der Waals surface area contributed by atoms with Gasteiger partial charge in [-0.25, -0.2) is 14.4 Å². The minimum Gasteiger partial charge on any atom is -0.489 e. The number of amides is 2. The second-order valence-electron chi connectivity index (χ2n) is 11.3. The normalized spacial score (nSPS) is 12.4. The van der Waals surface area contributed by atoms with Crippen LogP contribution in [-0.4, -0.2) is 53.4 Å². The van der Waals surface area contributed by atoms with Gasteiger partial charge in [0.25, 0.3) is 0 Å². The highest BCUT2D eigenvalue weighted by Gasteiger charge is 2.25. The van der Waals surface area contributed by atoms with Crippen molar-refractivity contribution in [1.82, 2.24) is 14.9 Å². The predicted molar refractivity (Wildman–Crippen MR) is 181 cm³/mol. The molecule has 240 valence electrons. The first-order chi connectivity index (χ1) is 22.0. The molecule has 0 atom stereocenters. The number of hydrogen-bond donors (Lipinski definition) is 1. The van der Waals surface area contributed by atoms with E-state index in [2.05, 4.69) is 21.9 Å². The molecule has 5 rings (SSSR count). The van der Waals surface area contributed by atoms with Crippen LogP contribution in [-0.2, 0) is 16.2 Å². The third-order valence-electron chi connectivity index (χ3n) is 7.51. The number of halogens is 1. The first kappa shape index (κ1) is 33.8. The zero-order valence-electron chi connectivity index (χ0n) is 27.0. The fourth-order valence-corrected chi connectivity index (χ4v) is 4.77. The summed E-state index contributed by atoms with van der Waals surface area (Å²) >= 11 is 0. The molecule has 0 radical (unpaired) electrons. The molecule has 0 saturated heterocycles. The van der Waals surface area contributed by atoms with Gasteiger partial charge in [0.2, 0.25) is 11.8 Å². The Morgan fingerprint density at radius 3 is 2.33 bits per heavy atom. The highest BCUT2D eigenvalue weighted by Crippen LogP contribution is 2.32.